The fourth-order valence-electron chi connectivity index (χ4n) is 4.12. The van der Waals surface area contributed by atoms with Gasteiger partial charge in [-0.2, -0.15) is 4.98 Å². The molecule has 0 spiro atoms. The van der Waals surface area contributed by atoms with Crippen molar-refractivity contribution in [2.45, 2.75) is 49.7 Å². The van der Waals surface area contributed by atoms with Crippen LogP contribution in [0.5, 0.6) is 0 Å². The van der Waals surface area contributed by atoms with Gasteiger partial charge in [0.1, 0.15) is 24.6 Å². The second kappa shape index (κ2) is 6.37. The summed E-state index contributed by atoms with van der Waals surface area (Å²) in [4.78, 5) is 35.9. The van der Waals surface area contributed by atoms with E-state index in [0.717, 1.165) is 23.7 Å². The molecule has 2 aromatic heterocycles. The first kappa shape index (κ1) is 18.0. The van der Waals surface area contributed by atoms with Crippen LogP contribution in [0.2, 0.25) is 0 Å². The molecule has 1 saturated heterocycles. The molecule has 6 N–H and O–H groups in total. The van der Waals surface area contributed by atoms with Crippen molar-refractivity contribution >= 4 is 22.9 Å². The molecule has 2 aliphatic rings. The number of nitrogens with zero attached hydrogens (tertiary/aromatic N) is 3. The molecular weight excluding hydrogens is 358 g/mol. The molecule has 1 aliphatic carbocycles. The number of ether oxygens (including phenoxy) is 1. The lowest BCUT2D eigenvalue weighted by atomic mass is 9.88. The molecule has 4 atom stereocenters. The number of carbonyl (C=O) groups excluding carboxylic acids is 1. The molecule has 0 amide bonds. The van der Waals surface area contributed by atoms with Gasteiger partial charge in [-0.1, -0.05) is 12.8 Å². The first-order valence-electron chi connectivity index (χ1n) is 8.82. The van der Waals surface area contributed by atoms with E-state index in [1.807, 2.05) is 0 Å². The first-order chi connectivity index (χ1) is 12.9. The van der Waals surface area contributed by atoms with Crippen LogP contribution in [-0.4, -0.2) is 65.5 Å². The zero-order chi connectivity index (χ0) is 19.3. The van der Waals surface area contributed by atoms with Crippen LogP contribution < -0.4 is 11.3 Å². The van der Waals surface area contributed by atoms with Gasteiger partial charge in [-0.15, -0.1) is 0 Å². The number of carbonyl (C=O) groups is 1. The second-order valence-electron chi connectivity index (χ2n) is 7.05. The number of aliphatic hydroxyl groups is 3. The quantitative estimate of drug-likeness (QED) is 0.411. The number of H-pyrrole nitrogens is 1. The summed E-state index contributed by atoms with van der Waals surface area (Å²) < 4.78 is 6.91. The van der Waals surface area contributed by atoms with Gasteiger partial charge in [-0.3, -0.25) is 19.1 Å². The summed E-state index contributed by atoms with van der Waals surface area (Å²) in [6, 6.07) is 0. The number of imidazole rings is 1. The first-order valence-corrected chi connectivity index (χ1v) is 8.82. The number of aromatic nitrogens is 4. The summed E-state index contributed by atoms with van der Waals surface area (Å²) in [5.74, 6) is -1.02. The average Bonchev–Trinajstić information content (AvgIpc) is 3.35. The van der Waals surface area contributed by atoms with E-state index in [1.165, 1.54) is 0 Å². The van der Waals surface area contributed by atoms with Crippen molar-refractivity contribution in [2.75, 3.05) is 12.3 Å². The van der Waals surface area contributed by atoms with Gasteiger partial charge >= 0.3 is 0 Å². The minimum absolute atomic E-state index is 0.0487. The molecule has 1 aliphatic heterocycles. The minimum atomic E-state index is -2.05. The largest absolute Gasteiger partial charge is 0.394 e. The van der Waals surface area contributed by atoms with Gasteiger partial charge in [0.2, 0.25) is 11.7 Å². The zero-order valence-electron chi connectivity index (χ0n) is 14.4. The lowest BCUT2D eigenvalue weighted by Gasteiger charge is -2.34. The van der Waals surface area contributed by atoms with Crippen molar-refractivity contribution in [3.05, 3.63) is 16.7 Å². The molecule has 2 fully saturated rings. The van der Waals surface area contributed by atoms with Crippen molar-refractivity contribution in [3.63, 3.8) is 0 Å². The lowest BCUT2D eigenvalue weighted by Crippen LogP contribution is -2.53. The topological polar surface area (TPSA) is 177 Å². The Labute approximate surface area is 152 Å². The molecule has 27 heavy (non-hydrogen) atoms. The van der Waals surface area contributed by atoms with Crippen molar-refractivity contribution < 1.29 is 24.9 Å². The molecule has 0 radical (unpaired) electrons. The maximum Gasteiger partial charge on any atom is 0.280 e. The van der Waals surface area contributed by atoms with Crippen LogP contribution in [-0.2, 0) is 15.3 Å². The smallest absolute Gasteiger partial charge is 0.280 e. The van der Waals surface area contributed by atoms with Gasteiger partial charge in [-0.05, 0) is 12.8 Å². The SMILES string of the molecule is Nc1nc2c(ncn2[C@]2(C(=O)C3CCCC3)O[C@H](CO)[C@@H](O)[C@H]2O)c(=O)[nH]1. The lowest BCUT2D eigenvalue weighted by molar-refractivity contribution is -0.178. The maximum absolute atomic E-state index is 13.4. The van der Waals surface area contributed by atoms with E-state index in [4.69, 9.17) is 10.5 Å². The summed E-state index contributed by atoms with van der Waals surface area (Å²) in [7, 11) is 0. The summed E-state index contributed by atoms with van der Waals surface area (Å²) in [6.45, 7) is -0.597. The Morgan fingerprint density at radius 2 is 2.11 bits per heavy atom. The molecule has 0 unspecified atom stereocenters. The fraction of sp³-hybridized carbons (Fsp3) is 0.625. The Morgan fingerprint density at radius 3 is 2.74 bits per heavy atom. The number of hydrogen-bond acceptors (Lipinski definition) is 9. The Hall–Kier alpha value is -2.34. The fourth-order valence-corrected chi connectivity index (χ4v) is 4.12. The Kier molecular flexibility index (Phi) is 4.26. The standard InChI is InChI=1S/C16H21N5O6/c17-15-19-13-9(14(26)20-15)18-6-21(13)16(11(24)7-3-1-2-4-7)12(25)10(23)8(5-22)27-16/h6-8,10,12,22-23,25H,1-5H2,(H3,17,19,20,26)/t8-,10-,12-,16-/m1/s1. The van der Waals surface area contributed by atoms with E-state index in [-0.39, 0.29) is 23.0 Å². The third-order valence-electron chi connectivity index (χ3n) is 5.48. The van der Waals surface area contributed by atoms with Crippen LogP contribution in [0.4, 0.5) is 5.95 Å². The van der Waals surface area contributed by atoms with Crippen LogP contribution in [0.3, 0.4) is 0 Å². The van der Waals surface area contributed by atoms with E-state index >= 15 is 0 Å². The number of anilines is 1. The highest BCUT2D eigenvalue weighted by Gasteiger charge is 2.61. The molecule has 0 bridgehead atoms. The van der Waals surface area contributed by atoms with Crippen molar-refractivity contribution in [3.8, 4) is 0 Å². The number of nitrogens with one attached hydrogen (secondary N) is 1. The molecule has 11 heteroatoms. The third kappa shape index (κ3) is 2.50. The van der Waals surface area contributed by atoms with Gasteiger partial charge in [-0.25, -0.2) is 4.98 Å². The molecule has 4 rings (SSSR count). The second-order valence-corrected chi connectivity index (χ2v) is 7.05. The molecular formula is C16H21N5O6. The van der Waals surface area contributed by atoms with Crippen LogP contribution in [0.25, 0.3) is 11.2 Å². The van der Waals surface area contributed by atoms with E-state index in [1.54, 1.807) is 0 Å². The predicted molar refractivity (Wildman–Crippen MR) is 91.5 cm³/mol. The normalized spacial score (nSPS) is 31.7. The zero-order valence-corrected chi connectivity index (χ0v) is 14.4. The number of aliphatic hydroxyl groups excluding tert-OH is 3. The number of aromatic amines is 1. The van der Waals surface area contributed by atoms with Gasteiger partial charge < -0.3 is 25.8 Å². The van der Waals surface area contributed by atoms with Crippen LogP contribution in [0, 0.1) is 5.92 Å². The Balaban J connectivity index is 1.94. The molecule has 146 valence electrons. The number of nitrogen functional groups attached to an aromatic ring is 1. The van der Waals surface area contributed by atoms with Gasteiger partial charge in [0.15, 0.2) is 16.9 Å². The van der Waals surface area contributed by atoms with Crippen LogP contribution in [0.1, 0.15) is 25.7 Å². The van der Waals surface area contributed by atoms with Crippen molar-refractivity contribution in [1.29, 1.82) is 0 Å². The highest BCUT2D eigenvalue weighted by Crippen LogP contribution is 2.42. The summed E-state index contributed by atoms with van der Waals surface area (Å²) in [5.41, 5.74) is 2.83. The molecule has 3 heterocycles. The number of nitrogens with two attached hydrogens (primary N) is 1. The molecule has 11 nitrogen and oxygen atoms in total. The highest BCUT2D eigenvalue weighted by molar-refractivity contribution is 5.90. The van der Waals surface area contributed by atoms with Gasteiger partial charge in [0, 0.05) is 5.92 Å². The Morgan fingerprint density at radius 1 is 1.41 bits per heavy atom. The molecule has 0 aromatic carbocycles. The van der Waals surface area contributed by atoms with E-state index in [0.29, 0.717) is 12.8 Å². The molecule has 2 aromatic rings. The number of Topliss-reactive ketones (excluding diaryl/α,β-unsaturated/α-hetero) is 1. The van der Waals surface area contributed by atoms with Crippen molar-refractivity contribution in [2.24, 2.45) is 5.92 Å². The highest BCUT2D eigenvalue weighted by atomic mass is 16.6. The third-order valence-corrected chi connectivity index (χ3v) is 5.48. The summed E-state index contributed by atoms with van der Waals surface area (Å²) >= 11 is 0. The van der Waals surface area contributed by atoms with Crippen LogP contribution in [0.15, 0.2) is 11.1 Å². The molecule has 1 saturated carbocycles. The van der Waals surface area contributed by atoms with E-state index in [2.05, 4.69) is 15.0 Å². The van der Waals surface area contributed by atoms with Crippen molar-refractivity contribution in [1.82, 2.24) is 19.5 Å². The maximum atomic E-state index is 13.4. The Bertz CT molecular complexity index is 935. The number of fused-ring (bicyclic) bond motifs is 1. The van der Waals surface area contributed by atoms with E-state index in [9.17, 15) is 24.9 Å². The number of ketones is 1. The summed E-state index contributed by atoms with van der Waals surface area (Å²) in [6.07, 6.45) is -0.219. The van der Waals surface area contributed by atoms with Gasteiger partial charge in [0.25, 0.3) is 5.56 Å². The average molecular weight is 379 g/mol. The van der Waals surface area contributed by atoms with Crippen LogP contribution >= 0.6 is 0 Å². The van der Waals surface area contributed by atoms with E-state index < -0.39 is 42.0 Å². The monoisotopic (exact) mass is 379 g/mol. The predicted octanol–water partition coefficient (Wildman–Crippen LogP) is -1.77. The number of rotatable bonds is 4. The number of hydrogen-bond donors (Lipinski definition) is 5. The summed E-state index contributed by atoms with van der Waals surface area (Å²) in [5, 5.41) is 30.7. The van der Waals surface area contributed by atoms with Gasteiger partial charge in [0.05, 0.1) is 6.61 Å². The minimum Gasteiger partial charge on any atom is -0.394 e.